The van der Waals surface area contributed by atoms with Crippen LogP contribution in [0, 0.1) is 0 Å². The zero-order valence-corrected chi connectivity index (χ0v) is 17.6. The number of carbonyl (C=O) groups is 1. The van der Waals surface area contributed by atoms with E-state index in [-0.39, 0.29) is 10.2 Å². The van der Waals surface area contributed by atoms with E-state index in [1.54, 1.807) is 12.1 Å². The predicted octanol–water partition coefficient (Wildman–Crippen LogP) is 5.59. The Kier molecular flexibility index (Phi) is 6.98. The fraction of sp³-hybridized carbons (Fsp3) is 0.474. The average Bonchev–Trinajstić information content (AvgIpc) is 3.02. The van der Waals surface area contributed by atoms with E-state index in [4.69, 9.17) is 16.3 Å². The molecule has 154 valence electrons. The minimum Gasteiger partial charge on any atom is -0.496 e. The zero-order valence-electron chi connectivity index (χ0n) is 16.1. The quantitative estimate of drug-likeness (QED) is 0.594. The molecule has 1 aromatic carbocycles. The first-order valence-electron chi connectivity index (χ1n) is 8.73. The van der Waals surface area contributed by atoms with Gasteiger partial charge in [0.1, 0.15) is 16.0 Å². The van der Waals surface area contributed by atoms with Crippen LogP contribution in [0.1, 0.15) is 49.5 Å². The molecule has 0 saturated heterocycles. The molecule has 0 atom stereocenters. The Balaban J connectivity index is 2.57. The van der Waals surface area contributed by atoms with Gasteiger partial charge in [0.2, 0.25) is 0 Å². The molecule has 2 rings (SSSR count). The summed E-state index contributed by atoms with van der Waals surface area (Å²) in [6, 6.07) is 4.55. The molecule has 1 aromatic heterocycles. The van der Waals surface area contributed by atoms with Crippen LogP contribution in [-0.4, -0.2) is 23.1 Å². The Labute approximate surface area is 170 Å². The Morgan fingerprint density at radius 2 is 2.00 bits per heavy atom. The first-order valence-corrected chi connectivity index (χ1v) is 9.88. The van der Waals surface area contributed by atoms with E-state index < -0.39 is 17.6 Å². The van der Waals surface area contributed by atoms with Crippen LogP contribution < -0.4 is 9.41 Å². The molecule has 1 heterocycles. The first-order chi connectivity index (χ1) is 13.0. The number of ether oxygens (including phenoxy) is 1. The Morgan fingerprint density at radius 1 is 1.32 bits per heavy atom. The predicted molar refractivity (Wildman–Crippen MR) is 104 cm³/mol. The van der Waals surface area contributed by atoms with Gasteiger partial charge in [-0.15, -0.1) is 0 Å². The van der Waals surface area contributed by atoms with Gasteiger partial charge < -0.3 is 4.74 Å². The van der Waals surface area contributed by atoms with Gasteiger partial charge in [-0.25, -0.2) is 0 Å². The number of alkyl halides is 3. The van der Waals surface area contributed by atoms with Crippen LogP contribution in [0.15, 0.2) is 29.4 Å². The van der Waals surface area contributed by atoms with Gasteiger partial charge in [0.15, 0.2) is 0 Å². The van der Waals surface area contributed by atoms with Crippen molar-refractivity contribution in [3.05, 3.63) is 45.2 Å². The second-order valence-corrected chi connectivity index (χ2v) is 8.20. The highest BCUT2D eigenvalue weighted by molar-refractivity contribution is 7.04. The Hall–Kier alpha value is -1.80. The monoisotopic (exact) mass is 434 g/mol. The molecular weight excluding hydrogens is 413 g/mol. The molecule has 0 aliphatic carbocycles. The average molecular weight is 435 g/mol. The largest absolute Gasteiger partial charge is 0.496 e. The first kappa shape index (κ1) is 22.5. The number of aryl methyl sites for hydroxylation is 1. The second kappa shape index (κ2) is 8.69. The highest BCUT2D eigenvalue weighted by atomic mass is 35.5. The van der Waals surface area contributed by atoms with Crippen molar-refractivity contribution in [2.24, 2.45) is 4.99 Å². The molecule has 28 heavy (non-hydrogen) atoms. The number of halogens is 4. The standard InChI is InChI=1S/C19H22ClF3N2O2S/c1-5-6-7-12-11-25(18(2,3)19(21,22)23)28-17(12)24-16(26)14-10-13(20)8-9-15(14)27-4/h8-11H,5-7H2,1-4H3/b24-17-. The normalized spacial score (nSPS) is 13.1. The number of amides is 1. The van der Waals surface area contributed by atoms with Crippen molar-refractivity contribution >= 4 is 29.0 Å². The minimum absolute atomic E-state index is 0.159. The van der Waals surface area contributed by atoms with Crippen LogP contribution in [0.2, 0.25) is 5.02 Å². The van der Waals surface area contributed by atoms with E-state index in [0.29, 0.717) is 22.8 Å². The van der Waals surface area contributed by atoms with Gasteiger partial charge in [0.25, 0.3) is 5.91 Å². The summed E-state index contributed by atoms with van der Waals surface area (Å²) in [5.74, 6) is -0.316. The van der Waals surface area contributed by atoms with Crippen molar-refractivity contribution in [2.75, 3.05) is 7.11 Å². The second-order valence-electron chi connectivity index (χ2n) is 6.80. The molecule has 9 heteroatoms. The minimum atomic E-state index is -4.44. The van der Waals surface area contributed by atoms with Crippen LogP contribution >= 0.6 is 23.1 Å². The van der Waals surface area contributed by atoms with Crippen LogP contribution in [0.25, 0.3) is 0 Å². The summed E-state index contributed by atoms with van der Waals surface area (Å²) in [6.45, 7) is 4.18. The lowest BCUT2D eigenvalue weighted by Crippen LogP contribution is -2.40. The van der Waals surface area contributed by atoms with E-state index in [1.807, 2.05) is 6.92 Å². The molecule has 2 aromatic rings. The summed E-state index contributed by atoms with van der Waals surface area (Å²) in [5, 5.41) is 0.338. The Bertz CT molecular complexity index is 917. The van der Waals surface area contributed by atoms with Crippen molar-refractivity contribution in [2.45, 2.75) is 51.7 Å². The molecule has 0 spiro atoms. The summed E-state index contributed by atoms with van der Waals surface area (Å²) >= 11 is 6.78. The molecule has 0 saturated carbocycles. The van der Waals surface area contributed by atoms with Crippen molar-refractivity contribution < 1.29 is 22.7 Å². The SMILES string of the molecule is CCCCc1cn(C(C)(C)C(F)(F)F)s/c1=N\C(=O)c1cc(Cl)ccc1OC. The number of carbonyl (C=O) groups excluding carboxylic acids is 1. The van der Waals surface area contributed by atoms with Gasteiger partial charge in [-0.05, 0) is 56.4 Å². The molecule has 0 radical (unpaired) electrons. The summed E-state index contributed by atoms with van der Waals surface area (Å²) in [6.07, 6.45) is -0.821. The van der Waals surface area contributed by atoms with E-state index in [1.165, 1.54) is 19.4 Å². The van der Waals surface area contributed by atoms with Crippen LogP contribution in [0.5, 0.6) is 5.75 Å². The molecule has 0 aliphatic heterocycles. The molecule has 0 aliphatic rings. The van der Waals surface area contributed by atoms with E-state index in [0.717, 1.165) is 42.2 Å². The lowest BCUT2D eigenvalue weighted by Gasteiger charge is -2.28. The number of methoxy groups -OCH3 is 1. The number of hydrogen-bond acceptors (Lipinski definition) is 3. The third kappa shape index (κ3) is 4.78. The molecule has 0 fully saturated rings. The fourth-order valence-electron chi connectivity index (χ4n) is 2.41. The summed E-state index contributed by atoms with van der Waals surface area (Å²) in [7, 11) is 1.41. The molecule has 0 unspecified atom stereocenters. The highest BCUT2D eigenvalue weighted by Crippen LogP contribution is 2.37. The van der Waals surface area contributed by atoms with Crippen molar-refractivity contribution in [3.63, 3.8) is 0 Å². The van der Waals surface area contributed by atoms with E-state index >= 15 is 0 Å². The lowest BCUT2D eigenvalue weighted by molar-refractivity contribution is -0.199. The van der Waals surface area contributed by atoms with Gasteiger partial charge in [-0.2, -0.15) is 18.2 Å². The highest BCUT2D eigenvalue weighted by Gasteiger charge is 2.49. The number of aromatic nitrogens is 1. The van der Waals surface area contributed by atoms with E-state index in [9.17, 15) is 18.0 Å². The maximum absolute atomic E-state index is 13.4. The van der Waals surface area contributed by atoms with Crippen molar-refractivity contribution in [1.82, 2.24) is 3.96 Å². The maximum atomic E-state index is 13.4. The van der Waals surface area contributed by atoms with Crippen LogP contribution in [0.3, 0.4) is 0 Å². The molecule has 0 N–H and O–H groups in total. The maximum Gasteiger partial charge on any atom is 0.412 e. The van der Waals surface area contributed by atoms with Crippen molar-refractivity contribution in [3.8, 4) is 5.75 Å². The number of rotatable bonds is 6. The van der Waals surface area contributed by atoms with Crippen LogP contribution in [-0.2, 0) is 12.0 Å². The summed E-state index contributed by atoms with van der Waals surface area (Å²) < 4.78 is 46.9. The smallest absolute Gasteiger partial charge is 0.412 e. The number of unbranched alkanes of at least 4 members (excludes halogenated alkanes) is 1. The topological polar surface area (TPSA) is 43.6 Å². The zero-order chi connectivity index (χ0) is 21.1. The number of nitrogens with zero attached hydrogens (tertiary/aromatic N) is 2. The van der Waals surface area contributed by atoms with Gasteiger partial charge in [-0.1, -0.05) is 24.9 Å². The molecule has 0 bridgehead atoms. The van der Waals surface area contributed by atoms with Gasteiger partial charge in [0.05, 0.1) is 12.7 Å². The van der Waals surface area contributed by atoms with Gasteiger partial charge in [0, 0.05) is 16.8 Å². The van der Waals surface area contributed by atoms with Crippen LogP contribution in [0.4, 0.5) is 13.2 Å². The lowest BCUT2D eigenvalue weighted by atomic mass is 10.1. The van der Waals surface area contributed by atoms with Gasteiger partial charge in [-0.3, -0.25) is 8.75 Å². The molecular formula is C19H22ClF3N2O2S. The van der Waals surface area contributed by atoms with Crippen molar-refractivity contribution in [1.29, 1.82) is 0 Å². The number of benzene rings is 1. The third-order valence-electron chi connectivity index (χ3n) is 4.37. The van der Waals surface area contributed by atoms with E-state index in [2.05, 4.69) is 4.99 Å². The fourth-order valence-corrected chi connectivity index (χ4v) is 3.67. The summed E-state index contributed by atoms with van der Waals surface area (Å²) in [5.41, 5.74) is -1.34. The summed E-state index contributed by atoms with van der Waals surface area (Å²) in [4.78, 5) is 16.8. The van der Waals surface area contributed by atoms with Gasteiger partial charge >= 0.3 is 6.18 Å². The Morgan fingerprint density at radius 3 is 2.57 bits per heavy atom. The molecule has 4 nitrogen and oxygen atoms in total. The molecule has 1 amide bonds. The number of hydrogen-bond donors (Lipinski definition) is 0. The third-order valence-corrected chi connectivity index (χ3v) is 5.89.